The molecule has 0 radical (unpaired) electrons. The smallest absolute Gasteiger partial charge is 0.187 e. The van der Waals surface area contributed by atoms with Gasteiger partial charge in [-0.05, 0) is 25.0 Å². The average molecular weight is 227 g/mol. The Kier molecular flexibility index (Phi) is 4.63. The van der Waals surface area contributed by atoms with Crippen molar-refractivity contribution in [1.29, 1.82) is 0 Å². The lowest BCUT2D eigenvalue weighted by molar-refractivity contribution is -0.122. The van der Waals surface area contributed by atoms with Gasteiger partial charge in [-0.2, -0.15) is 0 Å². The van der Waals surface area contributed by atoms with Gasteiger partial charge in [0.25, 0.3) is 0 Å². The summed E-state index contributed by atoms with van der Waals surface area (Å²) in [6, 6.07) is 7.72. The van der Waals surface area contributed by atoms with E-state index in [9.17, 15) is 4.79 Å². The number of alkyl halides is 1. The van der Waals surface area contributed by atoms with Gasteiger partial charge in [0.05, 0.1) is 5.88 Å². The third-order valence-corrected chi connectivity index (χ3v) is 2.51. The standard InChI is InChI=1S/C12H15ClO2/c1-3-10-6-4-5-7-12(10)15-9(2)11(14)8-13/h4-7,9H,3,8H2,1-2H3. The first-order chi connectivity index (χ1) is 7.19. The van der Waals surface area contributed by atoms with Crippen LogP contribution in [0.15, 0.2) is 24.3 Å². The van der Waals surface area contributed by atoms with Crippen LogP contribution in [0.25, 0.3) is 0 Å². The van der Waals surface area contributed by atoms with Gasteiger partial charge in [-0.25, -0.2) is 0 Å². The molecule has 0 fully saturated rings. The normalized spacial score (nSPS) is 12.2. The Morgan fingerprint density at radius 1 is 1.47 bits per heavy atom. The maximum Gasteiger partial charge on any atom is 0.187 e. The molecule has 0 N–H and O–H groups in total. The molecule has 0 saturated heterocycles. The first-order valence-electron chi connectivity index (χ1n) is 5.02. The van der Waals surface area contributed by atoms with Crippen LogP contribution in [0.5, 0.6) is 5.75 Å². The van der Waals surface area contributed by atoms with Crippen LogP contribution in [0.1, 0.15) is 19.4 Å². The minimum atomic E-state index is -0.477. The fraction of sp³-hybridized carbons (Fsp3) is 0.417. The van der Waals surface area contributed by atoms with Gasteiger partial charge in [0.2, 0.25) is 0 Å². The lowest BCUT2D eigenvalue weighted by Crippen LogP contribution is -2.25. The highest BCUT2D eigenvalue weighted by atomic mass is 35.5. The van der Waals surface area contributed by atoms with Gasteiger partial charge in [0, 0.05) is 0 Å². The van der Waals surface area contributed by atoms with E-state index in [1.807, 2.05) is 24.3 Å². The van der Waals surface area contributed by atoms with Crippen molar-refractivity contribution in [1.82, 2.24) is 0 Å². The molecule has 0 aliphatic heterocycles. The van der Waals surface area contributed by atoms with Crippen LogP contribution in [-0.4, -0.2) is 17.8 Å². The monoisotopic (exact) mass is 226 g/mol. The van der Waals surface area contributed by atoms with E-state index in [4.69, 9.17) is 16.3 Å². The molecular formula is C12H15ClO2. The molecule has 2 nitrogen and oxygen atoms in total. The highest BCUT2D eigenvalue weighted by molar-refractivity contribution is 6.28. The fourth-order valence-electron chi connectivity index (χ4n) is 1.28. The summed E-state index contributed by atoms with van der Waals surface area (Å²) in [5, 5.41) is 0. The minimum absolute atomic E-state index is 0.00451. The SMILES string of the molecule is CCc1ccccc1OC(C)C(=O)CCl. The van der Waals surface area contributed by atoms with Gasteiger partial charge in [0.15, 0.2) is 11.9 Å². The molecule has 0 amide bonds. The summed E-state index contributed by atoms with van der Waals surface area (Å²) in [5.74, 6) is 0.670. The van der Waals surface area contributed by atoms with Crippen molar-refractivity contribution in [2.24, 2.45) is 0 Å². The number of benzene rings is 1. The van der Waals surface area contributed by atoms with Crippen molar-refractivity contribution in [2.75, 3.05) is 5.88 Å². The molecule has 1 atom stereocenters. The summed E-state index contributed by atoms with van der Waals surface area (Å²) in [6.45, 7) is 3.77. The second kappa shape index (κ2) is 5.76. The van der Waals surface area contributed by atoms with Crippen LogP contribution in [-0.2, 0) is 11.2 Å². The zero-order valence-electron chi connectivity index (χ0n) is 9.00. The van der Waals surface area contributed by atoms with Crippen molar-refractivity contribution in [3.05, 3.63) is 29.8 Å². The summed E-state index contributed by atoms with van der Waals surface area (Å²) >= 11 is 5.46. The topological polar surface area (TPSA) is 26.3 Å². The van der Waals surface area contributed by atoms with Crippen LogP contribution in [0.4, 0.5) is 0 Å². The average Bonchev–Trinajstić information content (AvgIpc) is 2.28. The number of carbonyl (C=O) groups is 1. The maximum atomic E-state index is 11.3. The van der Waals surface area contributed by atoms with E-state index in [0.717, 1.165) is 17.7 Å². The van der Waals surface area contributed by atoms with Crippen molar-refractivity contribution < 1.29 is 9.53 Å². The summed E-state index contributed by atoms with van der Waals surface area (Å²) in [7, 11) is 0. The number of para-hydroxylation sites is 1. The Morgan fingerprint density at radius 2 is 2.13 bits per heavy atom. The molecule has 1 unspecified atom stereocenters. The summed E-state index contributed by atoms with van der Waals surface area (Å²) in [6.07, 6.45) is 0.410. The molecule has 82 valence electrons. The molecule has 0 aliphatic rings. The number of ketones is 1. The molecule has 15 heavy (non-hydrogen) atoms. The Bertz CT molecular complexity index is 336. The Balaban J connectivity index is 2.75. The first-order valence-corrected chi connectivity index (χ1v) is 5.55. The molecule has 1 rings (SSSR count). The lowest BCUT2D eigenvalue weighted by atomic mass is 10.1. The molecule has 1 aromatic carbocycles. The van der Waals surface area contributed by atoms with Gasteiger partial charge in [0.1, 0.15) is 5.75 Å². The number of halogens is 1. The van der Waals surface area contributed by atoms with Gasteiger partial charge in [-0.1, -0.05) is 25.1 Å². The fourth-order valence-corrected chi connectivity index (χ4v) is 1.49. The van der Waals surface area contributed by atoms with Crippen LogP contribution in [0.3, 0.4) is 0 Å². The van der Waals surface area contributed by atoms with E-state index in [2.05, 4.69) is 6.92 Å². The molecule has 0 bridgehead atoms. The van der Waals surface area contributed by atoms with Gasteiger partial charge < -0.3 is 4.74 Å². The van der Waals surface area contributed by atoms with Crippen molar-refractivity contribution in [3.8, 4) is 5.75 Å². The number of hydrogen-bond donors (Lipinski definition) is 0. The van der Waals surface area contributed by atoms with Gasteiger partial charge >= 0.3 is 0 Å². The second-order valence-electron chi connectivity index (χ2n) is 3.32. The number of ether oxygens (including phenoxy) is 1. The summed E-state index contributed by atoms with van der Waals surface area (Å²) in [4.78, 5) is 11.3. The Morgan fingerprint density at radius 3 is 2.73 bits per heavy atom. The van der Waals surface area contributed by atoms with Crippen LogP contribution >= 0.6 is 11.6 Å². The number of rotatable bonds is 5. The number of carbonyl (C=O) groups excluding carboxylic acids is 1. The Labute approximate surface area is 95.2 Å². The predicted octanol–water partition coefficient (Wildman–Crippen LogP) is 2.82. The Hall–Kier alpha value is -1.02. The van der Waals surface area contributed by atoms with E-state index < -0.39 is 6.10 Å². The minimum Gasteiger partial charge on any atom is -0.483 e. The zero-order chi connectivity index (χ0) is 11.3. The molecular weight excluding hydrogens is 212 g/mol. The van der Waals surface area contributed by atoms with E-state index in [1.54, 1.807) is 6.92 Å². The molecule has 3 heteroatoms. The lowest BCUT2D eigenvalue weighted by Gasteiger charge is -2.14. The van der Waals surface area contributed by atoms with Crippen molar-refractivity contribution >= 4 is 17.4 Å². The zero-order valence-corrected chi connectivity index (χ0v) is 9.75. The molecule has 0 aliphatic carbocycles. The van der Waals surface area contributed by atoms with E-state index in [0.29, 0.717) is 0 Å². The van der Waals surface area contributed by atoms with Crippen LogP contribution in [0.2, 0.25) is 0 Å². The third-order valence-electron chi connectivity index (χ3n) is 2.24. The second-order valence-corrected chi connectivity index (χ2v) is 3.59. The van der Waals surface area contributed by atoms with Crippen LogP contribution < -0.4 is 4.74 Å². The molecule has 0 saturated carbocycles. The number of aryl methyl sites for hydroxylation is 1. The molecule has 0 aromatic heterocycles. The number of hydrogen-bond acceptors (Lipinski definition) is 2. The highest BCUT2D eigenvalue weighted by Crippen LogP contribution is 2.19. The molecule has 0 spiro atoms. The van der Waals surface area contributed by atoms with Gasteiger partial charge in [-0.15, -0.1) is 11.6 Å². The molecule has 0 heterocycles. The first kappa shape index (κ1) is 12.1. The maximum absolute atomic E-state index is 11.3. The van der Waals surface area contributed by atoms with Crippen molar-refractivity contribution in [2.45, 2.75) is 26.4 Å². The highest BCUT2D eigenvalue weighted by Gasteiger charge is 2.14. The summed E-state index contributed by atoms with van der Waals surface area (Å²) in [5.41, 5.74) is 1.10. The summed E-state index contributed by atoms with van der Waals surface area (Å²) < 4.78 is 5.56. The predicted molar refractivity (Wildman–Crippen MR) is 61.6 cm³/mol. The van der Waals surface area contributed by atoms with Crippen molar-refractivity contribution in [3.63, 3.8) is 0 Å². The third kappa shape index (κ3) is 3.24. The van der Waals surface area contributed by atoms with Crippen LogP contribution in [0, 0.1) is 0 Å². The van der Waals surface area contributed by atoms with E-state index in [1.165, 1.54) is 0 Å². The number of Topliss-reactive ketones (excluding diaryl/α,β-unsaturated/α-hetero) is 1. The van der Waals surface area contributed by atoms with E-state index >= 15 is 0 Å². The molecule has 1 aromatic rings. The van der Waals surface area contributed by atoms with E-state index in [-0.39, 0.29) is 11.7 Å². The quantitative estimate of drug-likeness (QED) is 0.722. The van der Waals surface area contributed by atoms with Gasteiger partial charge in [-0.3, -0.25) is 4.79 Å². The largest absolute Gasteiger partial charge is 0.483 e.